The number of allylic oxidation sites excluding steroid dienone is 3. The molecule has 4 rings (SSSR count). The van der Waals surface area contributed by atoms with Gasteiger partial charge in [0.2, 0.25) is 0 Å². The minimum Gasteiger partial charge on any atom is -0.389 e. The highest BCUT2D eigenvalue weighted by Crippen LogP contribution is 2.46. The third kappa shape index (κ3) is 5.20. The molecule has 3 aromatic rings. The van der Waals surface area contributed by atoms with E-state index >= 15 is 0 Å². The van der Waals surface area contributed by atoms with Crippen molar-refractivity contribution in [1.29, 1.82) is 0 Å². The highest BCUT2D eigenvalue weighted by molar-refractivity contribution is 5.81. The van der Waals surface area contributed by atoms with E-state index in [1.807, 2.05) is 60.9 Å². The van der Waals surface area contributed by atoms with Gasteiger partial charge in [-0.25, -0.2) is 15.0 Å². The number of hydrogen-bond donors (Lipinski definition) is 2. The van der Waals surface area contributed by atoms with E-state index in [4.69, 9.17) is 4.98 Å². The number of anilines is 2. The van der Waals surface area contributed by atoms with Crippen molar-refractivity contribution in [3.8, 4) is 5.82 Å². The first-order valence-corrected chi connectivity index (χ1v) is 11.7. The lowest BCUT2D eigenvalue weighted by Gasteiger charge is -2.26. The van der Waals surface area contributed by atoms with Gasteiger partial charge >= 0.3 is 0 Å². The van der Waals surface area contributed by atoms with Crippen molar-refractivity contribution in [2.24, 2.45) is 10.4 Å². The maximum Gasteiger partial charge on any atom is 0.140 e. The van der Waals surface area contributed by atoms with Crippen molar-refractivity contribution in [1.82, 2.24) is 14.5 Å². The van der Waals surface area contributed by atoms with Gasteiger partial charge in [-0.15, -0.1) is 0 Å². The summed E-state index contributed by atoms with van der Waals surface area (Å²) < 4.78 is 1.98. The summed E-state index contributed by atoms with van der Waals surface area (Å²) in [6.07, 6.45) is 7.55. The van der Waals surface area contributed by atoms with Crippen molar-refractivity contribution >= 4 is 29.3 Å². The van der Waals surface area contributed by atoms with Gasteiger partial charge in [-0.1, -0.05) is 18.6 Å². The van der Waals surface area contributed by atoms with E-state index < -0.39 is 6.10 Å². The number of rotatable bonds is 9. The summed E-state index contributed by atoms with van der Waals surface area (Å²) in [5.41, 5.74) is 5.02. The molecule has 7 heteroatoms. The molecule has 0 aliphatic heterocycles. The molecular weight excluding hydrogens is 424 g/mol. The molecule has 0 amide bonds. The number of aliphatic imine (C=N–C) groups is 1. The standard InChI is InChI=1S/C27H34N6O/c1-18(2)7-11-24(28-5)30-20-8-10-22-23(15-20)33(17-29-22)25-12-9-21(19(3)34)26(31-25)32(6)16-27(4)13-14-27/h7-12,15,17,19,30,34H,5,13-14,16H2,1-4,6H3/b24-11+. The predicted molar refractivity (Wildman–Crippen MR) is 141 cm³/mol. The number of hydrogen-bond acceptors (Lipinski definition) is 6. The van der Waals surface area contributed by atoms with Gasteiger partial charge in [-0.3, -0.25) is 4.57 Å². The molecule has 2 aromatic heterocycles. The Hall–Kier alpha value is -3.45. The fourth-order valence-electron chi connectivity index (χ4n) is 4.03. The Morgan fingerprint density at radius 3 is 2.71 bits per heavy atom. The van der Waals surface area contributed by atoms with Crippen LogP contribution in [0.15, 0.2) is 65.2 Å². The molecule has 0 bridgehead atoms. The summed E-state index contributed by atoms with van der Waals surface area (Å²) in [6, 6.07) is 9.87. The molecule has 178 valence electrons. The summed E-state index contributed by atoms with van der Waals surface area (Å²) in [6.45, 7) is 12.7. The first-order chi connectivity index (χ1) is 16.2. The molecule has 1 aromatic carbocycles. The third-order valence-corrected chi connectivity index (χ3v) is 6.24. The van der Waals surface area contributed by atoms with Gasteiger partial charge in [0.1, 0.15) is 23.8 Å². The molecule has 7 nitrogen and oxygen atoms in total. The van der Waals surface area contributed by atoms with Crippen molar-refractivity contribution in [3.05, 3.63) is 65.8 Å². The van der Waals surface area contributed by atoms with Gasteiger partial charge in [0, 0.05) is 24.8 Å². The van der Waals surface area contributed by atoms with Gasteiger partial charge in [-0.05, 0) is 82.2 Å². The topological polar surface area (TPSA) is 78.6 Å². The number of nitrogens with one attached hydrogen (secondary N) is 1. The highest BCUT2D eigenvalue weighted by Gasteiger charge is 2.38. The summed E-state index contributed by atoms with van der Waals surface area (Å²) in [7, 11) is 2.05. The van der Waals surface area contributed by atoms with Crippen LogP contribution in [0.4, 0.5) is 11.5 Å². The van der Waals surface area contributed by atoms with E-state index in [9.17, 15) is 5.11 Å². The Bertz CT molecular complexity index is 1260. The van der Waals surface area contributed by atoms with Crippen LogP contribution in [-0.4, -0.2) is 40.0 Å². The Balaban J connectivity index is 1.71. The Morgan fingerprint density at radius 2 is 2.06 bits per heavy atom. The van der Waals surface area contributed by atoms with Crippen LogP contribution in [-0.2, 0) is 0 Å². The quantitative estimate of drug-likeness (QED) is 0.321. The Morgan fingerprint density at radius 1 is 1.29 bits per heavy atom. The molecule has 0 radical (unpaired) electrons. The first-order valence-electron chi connectivity index (χ1n) is 11.7. The van der Waals surface area contributed by atoms with E-state index in [0.29, 0.717) is 11.2 Å². The smallest absolute Gasteiger partial charge is 0.140 e. The van der Waals surface area contributed by atoms with Crippen molar-refractivity contribution < 1.29 is 5.11 Å². The number of benzene rings is 1. The van der Waals surface area contributed by atoms with Crippen LogP contribution in [0.1, 0.15) is 52.2 Å². The van der Waals surface area contributed by atoms with Crippen LogP contribution in [0.2, 0.25) is 0 Å². The molecule has 1 fully saturated rings. The zero-order chi connectivity index (χ0) is 24.5. The number of aliphatic hydroxyl groups excluding tert-OH is 1. The minimum atomic E-state index is -0.598. The zero-order valence-electron chi connectivity index (χ0n) is 20.7. The van der Waals surface area contributed by atoms with Crippen LogP contribution >= 0.6 is 0 Å². The van der Waals surface area contributed by atoms with Crippen molar-refractivity contribution in [3.63, 3.8) is 0 Å². The minimum absolute atomic E-state index is 0.334. The molecule has 2 heterocycles. The van der Waals surface area contributed by atoms with Crippen LogP contribution < -0.4 is 10.2 Å². The van der Waals surface area contributed by atoms with Gasteiger partial charge in [0.25, 0.3) is 0 Å². The van der Waals surface area contributed by atoms with Crippen LogP contribution in [0, 0.1) is 5.41 Å². The summed E-state index contributed by atoms with van der Waals surface area (Å²) in [5.74, 6) is 2.23. The maximum absolute atomic E-state index is 10.4. The number of fused-ring (bicyclic) bond motifs is 1. The van der Waals surface area contributed by atoms with E-state index in [0.717, 1.165) is 40.5 Å². The van der Waals surface area contributed by atoms with E-state index in [2.05, 4.69) is 40.9 Å². The molecule has 1 atom stereocenters. The highest BCUT2D eigenvalue weighted by atomic mass is 16.3. The van der Waals surface area contributed by atoms with E-state index in [1.54, 1.807) is 13.3 Å². The SMILES string of the molecule is C=N/C(=C\C=C(C)C)Nc1ccc2ncn(-c3ccc(C(C)O)c(N(C)CC4(C)CC4)n3)c2c1. The number of pyridine rings is 1. The average Bonchev–Trinajstić information content (AvgIpc) is 3.37. The fourth-order valence-corrected chi connectivity index (χ4v) is 4.03. The number of aromatic nitrogens is 3. The van der Waals surface area contributed by atoms with E-state index in [1.165, 1.54) is 18.4 Å². The molecule has 34 heavy (non-hydrogen) atoms. The van der Waals surface area contributed by atoms with Gasteiger partial charge in [0.05, 0.1) is 17.1 Å². The normalized spacial score (nSPS) is 15.6. The first kappa shape index (κ1) is 23.7. The third-order valence-electron chi connectivity index (χ3n) is 6.24. The second-order valence-electron chi connectivity index (χ2n) is 9.82. The Kier molecular flexibility index (Phi) is 6.57. The van der Waals surface area contributed by atoms with Crippen molar-refractivity contribution in [2.75, 3.05) is 23.8 Å². The molecule has 1 aliphatic carbocycles. The fraction of sp³-hybridized carbons (Fsp3) is 0.370. The summed E-state index contributed by atoms with van der Waals surface area (Å²) in [4.78, 5) is 15.8. The largest absolute Gasteiger partial charge is 0.389 e. The molecule has 1 unspecified atom stereocenters. The molecule has 2 N–H and O–H groups in total. The lowest BCUT2D eigenvalue weighted by molar-refractivity contribution is 0.199. The van der Waals surface area contributed by atoms with Crippen LogP contribution in [0.3, 0.4) is 0 Å². The molecular formula is C27H34N6O. The number of aliphatic hydroxyl groups is 1. The van der Waals surface area contributed by atoms with E-state index in [-0.39, 0.29) is 0 Å². The lowest BCUT2D eigenvalue weighted by Crippen LogP contribution is -2.27. The van der Waals surface area contributed by atoms with Gasteiger partial charge in [-0.2, -0.15) is 0 Å². The Labute approximate surface area is 201 Å². The average molecular weight is 459 g/mol. The monoisotopic (exact) mass is 458 g/mol. The van der Waals surface area contributed by atoms with Crippen LogP contribution in [0.5, 0.6) is 0 Å². The van der Waals surface area contributed by atoms with Crippen molar-refractivity contribution in [2.45, 2.75) is 46.6 Å². The molecule has 0 spiro atoms. The van der Waals surface area contributed by atoms with Gasteiger partial charge < -0.3 is 15.3 Å². The molecule has 1 aliphatic rings. The predicted octanol–water partition coefficient (Wildman–Crippen LogP) is 5.63. The second-order valence-corrected chi connectivity index (χ2v) is 9.82. The number of imidazole rings is 1. The maximum atomic E-state index is 10.4. The number of nitrogens with zero attached hydrogens (tertiary/aromatic N) is 5. The zero-order valence-corrected chi connectivity index (χ0v) is 20.7. The molecule has 0 saturated heterocycles. The van der Waals surface area contributed by atoms with Gasteiger partial charge in [0.15, 0.2) is 0 Å². The molecule has 1 saturated carbocycles. The summed E-state index contributed by atoms with van der Waals surface area (Å²) >= 11 is 0. The lowest BCUT2D eigenvalue weighted by atomic mass is 10.1. The van der Waals surface area contributed by atoms with Crippen LogP contribution in [0.25, 0.3) is 16.9 Å². The summed E-state index contributed by atoms with van der Waals surface area (Å²) in [5, 5.41) is 13.7. The second kappa shape index (κ2) is 9.43.